The van der Waals surface area contributed by atoms with E-state index in [1.807, 2.05) is 32.0 Å². The number of nitrogens with zero attached hydrogens (tertiary/aromatic N) is 1. The summed E-state index contributed by atoms with van der Waals surface area (Å²) in [6, 6.07) is 12.4. The Morgan fingerprint density at radius 2 is 1.62 bits per heavy atom. The fourth-order valence-electron chi connectivity index (χ4n) is 2.10. The second-order valence-corrected chi connectivity index (χ2v) is 5.15. The molecule has 0 unspecified atom stereocenters. The second kappa shape index (κ2) is 5.61. The van der Waals surface area contributed by atoms with Gasteiger partial charge >= 0.3 is 6.18 Å². The summed E-state index contributed by atoms with van der Waals surface area (Å²) < 4.78 is 38.4. The van der Waals surface area contributed by atoms with Gasteiger partial charge in [0.25, 0.3) is 0 Å². The first-order valence-electron chi connectivity index (χ1n) is 6.54. The number of nitriles is 1. The monoisotopic (exact) mass is 289 g/mol. The number of hydrogen-bond acceptors (Lipinski definition) is 1. The van der Waals surface area contributed by atoms with Crippen LogP contribution in [-0.2, 0) is 6.18 Å². The van der Waals surface area contributed by atoms with E-state index in [4.69, 9.17) is 5.26 Å². The highest BCUT2D eigenvalue weighted by atomic mass is 19.4. The maximum atomic E-state index is 12.8. The van der Waals surface area contributed by atoms with Gasteiger partial charge in [0, 0.05) is 5.56 Å². The van der Waals surface area contributed by atoms with E-state index in [-0.39, 0.29) is 5.56 Å². The van der Waals surface area contributed by atoms with Crippen molar-refractivity contribution in [2.45, 2.75) is 25.9 Å². The third-order valence-electron chi connectivity index (χ3n) is 3.36. The molecule has 0 aliphatic heterocycles. The molecule has 2 aromatic carbocycles. The lowest BCUT2D eigenvalue weighted by Gasteiger charge is -2.12. The summed E-state index contributed by atoms with van der Waals surface area (Å²) in [5.41, 5.74) is 1.51. The van der Waals surface area contributed by atoms with Crippen LogP contribution in [0.4, 0.5) is 13.2 Å². The summed E-state index contributed by atoms with van der Waals surface area (Å²) in [6.45, 7) is 4.08. The molecule has 0 spiro atoms. The molecule has 0 N–H and O–H groups in total. The molecule has 0 saturated heterocycles. The van der Waals surface area contributed by atoms with Gasteiger partial charge in [-0.1, -0.05) is 38.1 Å². The van der Waals surface area contributed by atoms with E-state index in [0.29, 0.717) is 17.0 Å². The molecule has 0 bridgehead atoms. The first-order valence-corrected chi connectivity index (χ1v) is 6.54. The number of rotatable bonds is 2. The molecule has 4 heteroatoms. The van der Waals surface area contributed by atoms with Crippen molar-refractivity contribution in [2.75, 3.05) is 0 Å². The molecule has 0 atom stereocenters. The van der Waals surface area contributed by atoms with E-state index in [9.17, 15) is 13.2 Å². The zero-order chi connectivity index (χ0) is 15.6. The van der Waals surface area contributed by atoms with Crippen molar-refractivity contribution in [3.63, 3.8) is 0 Å². The summed E-state index contributed by atoms with van der Waals surface area (Å²) in [6.07, 6.45) is -4.42. The van der Waals surface area contributed by atoms with Crippen molar-refractivity contribution in [3.05, 3.63) is 59.2 Å². The van der Waals surface area contributed by atoms with E-state index in [0.717, 1.165) is 17.7 Å². The zero-order valence-corrected chi connectivity index (χ0v) is 11.7. The second-order valence-electron chi connectivity index (χ2n) is 5.15. The number of alkyl halides is 3. The Morgan fingerprint density at radius 1 is 1.00 bits per heavy atom. The van der Waals surface area contributed by atoms with Crippen molar-refractivity contribution in [1.82, 2.24) is 0 Å². The zero-order valence-electron chi connectivity index (χ0n) is 11.7. The number of halogens is 3. The lowest BCUT2D eigenvalue weighted by molar-refractivity contribution is -0.137. The van der Waals surface area contributed by atoms with Crippen LogP contribution in [0.1, 0.15) is 36.5 Å². The molecular weight excluding hydrogens is 275 g/mol. The molecular formula is C17H14F3N. The summed E-state index contributed by atoms with van der Waals surface area (Å²) in [4.78, 5) is 0. The van der Waals surface area contributed by atoms with Gasteiger partial charge in [0.1, 0.15) is 0 Å². The first-order chi connectivity index (χ1) is 9.82. The van der Waals surface area contributed by atoms with E-state index in [2.05, 4.69) is 0 Å². The molecule has 0 fully saturated rings. The predicted molar refractivity (Wildman–Crippen MR) is 75.7 cm³/mol. The summed E-state index contributed by atoms with van der Waals surface area (Å²) in [5, 5.41) is 9.09. The fraction of sp³-hybridized carbons (Fsp3) is 0.235. The molecule has 21 heavy (non-hydrogen) atoms. The molecule has 108 valence electrons. The third kappa shape index (κ3) is 3.25. The van der Waals surface area contributed by atoms with Gasteiger partial charge in [0.05, 0.1) is 17.2 Å². The minimum absolute atomic E-state index is 0.236. The topological polar surface area (TPSA) is 23.8 Å². The quantitative estimate of drug-likeness (QED) is 0.729. The van der Waals surface area contributed by atoms with E-state index >= 15 is 0 Å². The number of benzene rings is 2. The average Bonchev–Trinajstić information content (AvgIpc) is 2.45. The van der Waals surface area contributed by atoms with Gasteiger partial charge in [-0.2, -0.15) is 18.4 Å². The van der Waals surface area contributed by atoms with Crippen LogP contribution in [0.15, 0.2) is 42.5 Å². The van der Waals surface area contributed by atoms with E-state index in [1.54, 1.807) is 12.1 Å². The molecule has 0 heterocycles. The molecule has 0 saturated carbocycles. The van der Waals surface area contributed by atoms with Crippen LogP contribution in [0.25, 0.3) is 11.1 Å². The molecule has 0 aromatic heterocycles. The van der Waals surface area contributed by atoms with Crippen LogP contribution >= 0.6 is 0 Å². The Kier molecular flexibility index (Phi) is 4.04. The largest absolute Gasteiger partial charge is 0.416 e. The predicted octanol–water partition coefficient (Wildman–Crippen LogP) is 5.37. The van der Waals surface area contributed by atoms with Crippen molar-refractivity contribution in [3.8, 4) is 17.2 Å². The van der Waals surface area contributed by atoms with Crippen molar-refractivity contribution in [1.29, 1.82) is 5.26 Å². The van der Waals surface area contributed by atoms with Crippen LogP contribution in [-0.4, -0.2) is 0 Å². The molecule has 0 radical (unpaired) electrons. The molecule has 1 nitrogen and oxygen atoms in total. The van der Waals surface area contributed by atoms with Crippen molar-refractivity contribution >= 4 is 0 Å². The van der Waals surface area contributed by atoms with Crippen LogP contribution < -0.4 is 0 Å². The van der Waals surface area contributed by atoms with Crippen LogP contribution in [0.2, 0.25) is 0 Å². The SMILES string of the molecule is CC(C)c1ccc(-c2cc(C(F)(F)F)ccc2C#N)cc1. The van der Waals surface area contributed by atoms with Gasteiger partial charge in [-0.05, 0) is 35.2 Å². The Morgan fingerprint density at radius 3 is 2.10 bits per heavy atom. The van der Waals surface area contributed by atoms with E-state index < -0.39 is 11.7 Å². The van der Waals surface area contributed by atoms with Crippen molar-refractivity contribution < 1.29 is 13.2 Å². The number of hydrogen-bond donors (Lipinski definition) is 0. The highest BCUT2D eigenvalue weighted by molar-refractivity contribution is 5.71. The highest BCUT2D eigenvalue weighted by Gasteiger charge is 2.31. The van der Waals surface area contributed by atoms with Crippen LogP contribution in [0.5, 0.6) is 0 Å². The Labute approximate surface area is 121 Å². The van der Waals surface area contributed by atoms with Gasteiger partial charge < -0.3 is 0 Å². The molecule has 2 rings (SSSR count). The smallest absolute Gasteiger partial charge is 0.192 e. The van der Waals surface area contributed by atoms with Gasteiger partial charge in [0.2, 0.25) is 0 Å². The fourth-order valence-corrected chi connectivity index (χ4v) is 2.10. The van der Waals surface area contributed by atoms with Gasteiger partial charge in [-0.3, -0.25) is 0 Å². The first kappa shape index (κ1) is 15.1. The summed E-state index contributed by atoms with van der Waals surface area (Å²) in [5.74, 6) is 0.344. The summed E-state index contributed by atoms with van der Waals surface area (Å²) in [7, 11) is 0. The summed E-state index contributed by atoms with van der Waals surface area (Å²) >= 11 is 0. The molecule has 0 aliphatic rings. The standard InChI is InChI=1S/C17H14F3N/c1-11(2)12-3-5-13(6-4-12)16-9-15(17(18,19)20)8-7-14(16)10-21/h3-9,11H,1-2H3. The Balaban J connectivity index is 2.53. The Bertz CT molecular complexity index is 677. The molecule has 0 amide bonds. The average molecular weight is 289 g/mol. The lowest BCUT2D eigenvalue weighted by atomic mass is 9.95. The van der Waals surface area contributed by atoms with Gasteiger partial charge in [-0.25, -0.2) is 0 Å². The molecule has 0 aliphatic carbocycles. The van der Waals surface area contributed by atoms with Crippen LogP contribution in [0.3, 0.4) is 0 Å². The minimum Gasteiger partial charge on any atom is -0.192 e. The third-order valence-corrected chi connectivity index (χ3v) is 3.36. The minimum atomic E-state index is -4.42. The van der Waals surface area contributed by atoms with Gasteiger partial charge in [-0.15, -0.1) is 0 Å². The maximum absolute atomic E-state index is 12.8. The Hall–Kier alpha value is -2.28. The molecule has 2 aromatic rings. The van der Waals surface area contributed by atoms with Crippen LogP contribution in [0, 0.1) is 11.3 Å². The lowest BCUT2D eigenvalue weighted by Crippen LogP contribution is -2.05. The van der Waals surface area contributed by atoms with Gasteiger partial charge in [0.15, 0.2) is 0 Å². The normalized spacial score (nSPS) is 11.5. The van der Waals surface area contributed by atoms with Crippen molar-refractivity contribution in [2.24, 2.45) is 0 Å². The maximum Gasteiger partial charge on any atom is 0.416 e. The van der Waals surface area contributed by atoms with E-state index in [1.165, 1.54) is 6.07 Å². The highest BCUT2D eigenvalue weighted by Crippen LogP contribution is 2.34.